The van der Waals surface area contributed by atoms with Gasteiger partial charge in [0.05, 0.1) is 4.90 Å². The lowest BCUT2D eigenvalue weighted by atomic mass is 10.2. The molecule has 2 aromatic rings. The fraction of sp³-hybridized carbons (Fsp3) is 0.350. The molecule has 0 saturated carbocycles. The van der Waals surface area contributed by atoms with Crippen LogP contribution in [0.4, 0.5) is 10.1 Å². The summed E-state index contributed by atoms with van der Waals surface area (Å²) in [6, 6.07) is 10.6. The fourth-order valence-corrected chi connectivity index (χ4v) is 3.37. The number of sulfonamides is 1. The van der Waals surface area contributed by atoms with Crippen LogP contribution < -0.4 is 10.0 Å². The van der Waals surface area contributed by atoms with Crippen LogP contribution in [0, 0.1) is 11.7 Å². The van der Waals surface area contributed by atoms with E-state index in [-0.39, 0.29) is 16.5 Å². The van der Waals surface area contributed by atoms with E-state index >= 15 is 0 Å². The molecule has 0 heterocycles. The van der Waals surface area contributed by atoms with Crippen LogP contribution in [-0.4, -0.2) is 34.1 Å². The molecule has 0 unspecified atom stereocenters. The summed E-state index contributed by atoms with van der Waals surface area (Å²) >= 11 is 0. The molecule has 2 aromatic carbocycles. The van der Waals surface area contributed by atoms with Crippen molar-refractivity contribution >= 4 is 21.6 Å². The van der Waals surface area contributed by atoms with Crippen LogP contribution in [0.15, 0.2) is 53.4 Å². The summed E-state index contributed by atoms with van der Waals surface area (Å²) in [4.78, 5) is 12.1. The molecule has 28 heavy (non-hydrogen) atoms. The summed E-state index contributed by atoms with van der Waals surface area (Å²) in [6.45, 7) is 5.88. The first kappa shape index (κ1) is 21.8. The van der Waals surface area contributed by atoms with Crippen molar-refractivity contribution in [2.24, 2.45) is 5.92 Å². The zero-order chi connectivity index (χ0) is 20.6. The summed E-state index contributed by atoms with van der Waals surface area (Å²) < 4.78 is 45.5. The summed E-state index contributed by atoms with van der Waals surface area (Å²) in [5.41, 5.74) is 0.617. The molecule has 1 amide bonds. The van der Waals surface area contributed by atoms with Crippen LogP contribution in [0.25, 0.3) is 0 Å². The molecule has 8 heteroatoms. The van der Waals surface area contributed by atoms with E-state index in [4.69, 9.17) is 4.74 Å². The highest BCUT2D eigenvalue weighted by Gasteiger charge is 2.15. The second-order valence-corrected chi connectivity index (χ2v) is 8.40. The van der Waals surface area contributed by atoms with Crippen LogP contribution >= 0.6 is 0 Å². The normalized spacial score (nSPS) is 11.4. The van der Waals surface area contributed by atoms with E-state index < -0.39 is 15.8 Å². The third-order valence-corrected chi connectivity index (χ3v) is 5.12. The van der Waals surface area contributed by atoms with Crippen molar-refractivity contribution in [2.45, 2.75) is 25.2 Å². The van der Waals surface area contributed by atoms with Crippen molar-refractivity contribution in [3.05, 3.63) is 59.9 Å². The van der Waals surface area contributed by atoms with Gasteiger partial charge in [0.25, 0.3) is 15.9 Å². The smallest absolute Gasteiger partial charge is 0.261 e. The highest BCUT2D eigenvalue weighted by atomic mass is 32.2. The maximum atomic E-state index is 12.9. The number of benzene rings is 2. The molecule has 0 aliphatic rings. The molecule has 6 nitrogen and oxygen atoms in total. The molecular weight excluding hydrogens is 383 g/mol. The van der Waals surface area contributed by atoms with Gasteiger partial charge in [-0.1, -0.05) is 13.8 Å². The molecule has 0 bridgehead atoms. The van der Waals surface area contributed by atoms with E-state index in [1.54, 1.807) is 0 Å². The first-order valence-electron chi connectivity index (χ1n) is 9.02. The van der Waals surface area contributed by atoms with Gasteiger partial charge in [-0.05, 0) is 60.9 Å². The maximum Gasteiger partial charge on any atom is 0.261 e. The molecule has 0 fully saturated rings. The number of hydrogen-bond acceptors (Lipinski definition) is 4. The van der Waals surface area contributed by atoms with Crippen molar-refractivity contribution in [1.29, 1.82) is 0 Å². The molecular formula is C20H25FN2O4S. The van der Waals surface area contributed by atoms with E-state index in [0.717, 1.165) is 0 Å². The van der Waals surface area contributed by atoms with Crippen molar-refractivity contribution in [3.8, 4) is 0 Å². The second kappa shape index (κ2) is 10.2. The van der Waals surface area contributed by atoms with Crippen LogP contribution in [0.2, 0.25) is 0 Å². The number of halogens is 1. The summed E-state index contributed by atoms with van der Waals surface area (Å²) in [6.07, 6.45) is 0.701. The summed E-state index contributed by atoms with van der Waals surface area (Å²) in [5, 5.41) is 2.77. The lowest BCUT2D eigenvalue weighted by molar-refractivity contribution is 0.0925. The van der Waals surface area contributed by atoms with E-state index in [2.05, 4.69) is 23.9 Å². The number of carbonyl (C=O) groups excluding carboxylic acids is 1. The SMILES string of the molecule is CC(C)COCCCNC(=O)c1ccc(S(=O)(=O)Nc2ccc(F)cc2)cc1. The van der Waals surface area contributed by atoms with Crippen molar-refractivity contribution in [3.63, 3.8) is 0 Å². The molecule has 2 rings (SSSR count). The molecule has 0 aliphatic heterocycles. The minimum Gasteiger partial charge on any atom is -0.381 e. The standard InChI is InChI=1S/C20H25FN2O4S/c1-15(2)14-27-13-3-12-22-20(24)16-4-10-19(11-5-16)28(25,26)23-18-8-6-17(21)7-9-18/h4-11,15,23H,3,12-14H2,1-2H3,(H,22,24). The highest BCUT2D eigenvalue weighted by Crippen LogP contribution is 2.17. The van der Waals surface area contributed by atoms with Crippen LogP contribution in [0.1, 0.15) is 30.6 Å². The Morgan fingerprint density at radius 1 is 1.07 bits per heavy atom. The third-order valence-electron chi connectivity index (χ3n) is 3.73. The maximum absolute atomic E-state index is 12.9. The van der Waals surface area contributed by atoms with Gasteiger partial charge in [-0.25, -0.2) is 12.8 Å². The van der Waals surface area contributed by atoms with E-state index in [1.165, 1.54) is 48.5 Å². The molecule has 0 saturated heterocycles. The average Bonchev–Trinajstić information content (AvgIpc) is 2.66. The van der Waals surface area contributed by atoms with Gasteiger partial charge in [-0.2, -0.15) is 0 Å². The predicted octanol–water partition coefficient (Wildman–Crippen LogP) is 3.42. The molecule has 2 N–H and O–H groups in total. The number of anilines is 1. The highest BCUT2D eigenvalue weighted by molar-refractivity contribution is 7.92. The lowest BCUT2D eigenvalue weighted by Crippen LogP contribution is -2.25. The third kappa shape index (κ3) is 6.94. The lowest BCUT2D eigenvalue weighted by Gasteiger charge is -2.10. The van der Waals surface area contributed by atoms with E-state index in [1.807, 2.05) is 0 Å². The van der Waals surface area contributed by atoms with Crippen LogP contribution in [0.5, 0.6) is 0 Å². The molecule has 152 valence electrons. The van der Waals surface area contributed by atoms with Gasteiger partial charge in [0.2, 0.25) is 0 Å². The zero-order valence-corrected chi connectivity index (χ0v) is 16.8. The molecule has 0 spiro atoms. The number of carbonyl (C=O) groups is 1. The number of rotatable bonds is 10. The number of nitrogens with one attached hydrogen (secondary N) is 2. The quantitative estimate of drug-likeness (QED) is 0.590. The second-order valence-electron chi connectivity index (χ2n) is 6.71. The first-order chi connectivity index (χ1) is 13.3. The Morgan fingerprint density at radius 3 is 2.32 bits per heavy atom. The predicted molar refractivity (Wildman–Crippen MR) is 106 cm³/mol. The van der Waals surface area contributed by atoms with Gasteiger partial charge >= 0.3 is 0 Å². The van der Waals surface area contributed by atoms with E-state index in [0.29, 0.717) is 37.7 Å². The van der Waals surface area contributed by atoms with Gasteiger partial charge in [-0.3, -0.25) is 9.52 Å². The monoisotopic (exact) mass is 408 g/mol. The van der Waals surface area contributed by atoms with Crippen LogP contribution in [0.3, 0.4) is 0 Å². The minimum absolute atomic E-state index is 0.00969. The van der Waals surface area contributed by atoms with Gasteiger partial charge < -0.3 is 10.1 Å². The Labute approximate surface area is 165 Å². The largest absolute Gasteiger partial charge is 0.381 e. The Morgan fingerprint density at radius 2 is 1.71 bits per heavy atom. The fourth-order valence-electron chi connectivity index (χ4n) is 2.31. The van der Waals surface area contributed by atoms with Crippen molar-refractivity contribution < 1.29 is 22.3 Å². The van der Waals surface area contributed by atoms with Gasteiger partial charge in [0.1, 0.15) is 5.82 Å². The number of amides is 1. The Kier molecular flexibility index (Phi) is 7.95. The van der Waals surface area contributed by atoms with E-state index in [9.17, 15) is 17.6 Å². The van der Waals surface area contributed by atoms with Gasteiger partial charge in [0, 0.05) is 31.0 Å². The van der Waals surface area contributed by atoms with Crippen molar-refractivity contribution in [1.82, 2.24) is 5.32 Å². The van der Waals surface area contributed by atoms with Gasteiger partial charge in [-0.15, -0.1) is 0 Å². The average molecular weight is 408 g/mol. The number of hydrogen-bond donors (Lipinski definition) is 2. The minimum atomic E-state index is -3.82. The topological polar surface area (TPSA) is 84.5 Å². The summed E-state index contributed by atoms with van der Waals surface area (Å²) in [7, 11) is -3.82. The Bertz CT molecular complexity index is 866. The Balaban J connectivity index is 1.87. The first-order valence-corrected chi connectivity index (χ1v) is 10.5. The molecule has 0 radical (unpaired) electrons. The Hall–Kier alpha value is -2.45. The summed E-state index contributed by atoms with van der Waals surface area (Å²) in [5.74, 6) is -0.258. The zero-order valence-electron chi connectivity index (χ0n) is 15.9. The molecule has 0 aliphatic carbocycles. The molecule has 0 aromatic heterocycles. The van der Waals surface area contributed by atoms with Crippen LogP contribution in [-0.2, 0) is 14.8 Å². The van der Waals surface area contributed by atoms with Crippen molar-refractivity contribution in [2.75, 3.05) is 24.5 Å². The number of ether oxygens (including phenoxy) is 1. The van der Waals surface area contributed by atoms with Gasteiger partial charge in [0.15, 0.2) is 0 Å². The molecule has 0 atom stereocenters.